The highest BCUT2D eigenvalue weighted by atomic mass is 16.6. The second-order valence-electron chi connectivity index (χ2n) is 5.80. The third-order valence-electron chi connectivity index (χ3n) is 4.77. The van der Waals surface area contributed by atoms with E-state index in [1.165, 1.54) is 25.7 Å². The van der Waals surface area contributed by atoms with Crippen molar-refractivity contribution in [1.29, 1.82) is 0 Å². The molecule has 0 amide bonds. The predicted octanol–water partition coefficient (Wildman–Crippen LogP) is 2.29. The van der Waals surface area contributed by atoms with Crippen molar-refractivity contribution in [2.45, 2.75) is 52.1 Å². The first-order valence-corrected chi connectivity index (χ1v) is 6.75. The van der Waals surface area contributed by atoms with E-state index < -0.39 is 0 Å². The predicted molar refractivity (Wildman–Crippen MR) is 64.3 cm³/mol. The van der Waals surface area contributed by atoms with Gasteiger partial charge in [0.05, 0.1) is 0 Å². The van der Waals surface area contributed by atoms with Crippen molar-refractivity contribution in [3.8, 4) is 0 Å². The Balaban J connectivity index is 1.54. The minimum Gasteiger partial charge on any atom is -0.308 e. The number of nitrogens with zero attached hydrogens (tertiary/aromatic N) is 2. The van der Waals surface area contributed by atoms with Crippen molar-refractivity contribution < 1.29 is 4.63 Å². The Morgan fingerprint density at radius 1 is 1.35 bits per heavy atom. The van der Waals surface area contributed by atoms with E-state index in [4.69, 9.17) is 4.63 Å². The van der Waals surface area contributed by atoms with Gasteiger partial charge < -0.3 is 5.32 Å². The van der Waals surface area contributed by atoms with Crippen molar-refractivity contribution in [2.24, 2.45) is 17.8 Å². The number of hydrogen-bond acceptors (Lipinski definition) is 4. The van der Waals surface area contributed by atoms with Crippen LogP contribution < -0.4 is 5.32 Å². The molecule has 4 nitrogen and oxygen atoms in total. The van der Waals surface area contributed by atoms with Crippen LogP contribution in [0.4, 0.5) is 0 Å². The Hall–Kier alpha value is -0.900. The fraction of sp³-hybridized carbons (Fsp3) is 0.846. The smallest absolute Gasteiger partial charge is 0.121 e. The third-order valence-corrected chi connectivity index (χ3v) is 4.77. The van der Waals surface area contributed by atoms with Crippen LogP contribution in [0.25, 0.3) is 0 Å². The first kappa shape index (κ1) is 11.2. The van der Waals surface area contributed by atoms with Gasteiger partial charge >= 0.3 is 0 Å². The van der Waals surface area contributed by atoms with Gasteiger partial charge in [-0.25, -0.2) is 4.63 Å². The quantitative estimate of drug-likeness (QED) is 0.870. The zero-order chi connectivity index (χ0) is 11.8. The normalized spacial score (nSPS) is 33.2. The molecule has 17 heavy (non-hydrogen) atoms. The molecule has 0 spiro atoms. The zero-order valence-electron chi connectivity index (χ0n) is 10.6. The fourth-order valence-electron chi connectivity index (χ4n) is 3.73. The molecule has 2 saturated carbocycles. The van der Waals surface area contributed by atoms with Crippen LogP contribution in [0.15, 0.2) is 4.63 Å². The Kier molecular flexibility index (Phi) is 2.90. The van der Waals surface area contributed by atoms with Crippen LogP contribution in [0, 0.1) is 24.7 Å². The maximum absolute atomic E-state index is 4.71. The summed E-state index contributed by atoms with van der Waals surface area (Å²) in [5, 5.41) is 11.3. The molecule has 4 heteroatoms. The standard InChI is InChI=1S/C13H21N3O/c1-8(12-6-10-3-4-11(12)5-10)14-7-13-9(2)15-17-16-13/h8,10-12,14H,3-7H2,1-2H3. The van der Waals surface area contributed by atoms with Crippen LogP contribution in [0.5, 0.6) is 0 Å². The molecule has 2 aliphatic carbocycles. The van der Waals surface area contributed by atoms with E-state index >= 15 is 0 Å². The third kappa shape index (κ3) is 2.10. The van der Waals surface area contributed by atoms with Crippen molar-refractivity contribution in [2.75, 3.05) is 0 Å². The topological polar surface area (TPSA) is 51.0 Å². The molecule has 0 aliphatic heterocycles. The Morgan fingerprint density at radius 3 is 2.82 bits per heavy atom. The summed E-state index contributed by atoms with van der Waals surface area (Å²) >= 11 is 0. The van der Waals surface area contributed by atoms with Crippen LogP contribution in [-0.4, -0.2) is 16.4 Å². The number of aryl methyl sites for hydroxylation is 1. The number of fused-ring (bicyclic) bond motifs is 2. The Bertz CT molecular complexity index is 390. The average Bonchev–Trinajstić information content (AvgIpc) is 3.01. The Morgan fingerprint density at radius 2 is 2.24 bits per heavy atom. The molecule has 2 bridgehead atoms. The lowest BCUT2D eigenvalue weighted by molar-refractivity contribution is 0.256. The van der Waals surface area contributed by atoms with E-state index in [0.29, 0.717) is 6.04 Å². The first-order valence-electron chi connectivity index (χ1n) is 6.75. The van der Waals surface area contributed by atoms with E-state index in [1.54, 1.807) is 0 Å². The van der Waals surface area contributed by atoms with Crippen molar-refractivity contribution in [1.82, 2.24) is 15.6 Å². The van der Waals surface area contributed by atoms with E-state index in [2.05, 4.69) is 22.6 Å². The van der Waals surface area contributed by atoms with Crippen LogP contribution in [0.3, 0.4) is 0 Å². The van der Waals surface area contributed by atoms with E-state index in [0.717, 1.165) is 35.7 Å². The minimum atomic E-state index is 0.585. The Labute approximate surface area is 102 Å². The molecule has 0 saturated heterocycles. The second kappa shape index (κ2) is 4.41. The minimum absolute atomic E-state index is 0.585. The molecule has 1 heterocycles. The molecule has 3 rings (SSSR count). The number of hydrogen-bond donors (Lipinski definition) is 1. The molecule has 1 N–H and O–H groups in total. The molecule has 0 aromatic carbocycles. The van der Waals surface area contributed by atoms with Crippen LogP contribution in [0.1, 0.15) is 44.0 Å². The number of nitrogens with one attached hydrogen (secondary N) is 1. The first-order chi connectivity index (χ1) is 8.24. The highest BCUT2D eigenvalue weighted by Crippen LogP contribution is 2.49. The summed E-state index contributed by atoms with van der Waals surface area (Å²) in [7, 11) is 0. The summed E-state index contributed by atoms with van der Waals surface area (Å²) < 4.78 is 4.71. The molecular formula is C13H21N3O. The molecule has 0 radical (unpaired) electrons. The van der Waals surface area contributed by atoms with Gasteiger partial charge in [-0.2, -0.15) is 0 Å². The molecule has 4 unspecified atom stereocenters. The maximum atomic E-state index is 4.71. The monoisotopic (exact) mass is 235 g/mol. The van der Waals surface area contributed by atoms with Gasteiger partial charge in [-0.05, 0) is 50.9 Å². The number of rotatable bonds is 4. The van der Waals surface area contributed by atoms with Gasteiger partial charge in [0.2, 0.25) is 0 Å². The summed E-state index contributed by atoms with van der Waals surface area (Å²) in [5.74, 6) is 2.86. The molecule has 1 aromatic rings. The fourth-order valence-corrected chi connectivity index (χ4v) is 3.73. The highest BCUT2D eigenvalue weighted by molar-refractivity contribution is 5.04. The lowest BCUT2D eigenvalue weighted by Crippen LogP contribution is -2.36. The summed E-state index contributed by atoms with van der Waals surface area (Å²) in [6.07, 6.45) is 5.82. The second-order valence-corrected chi connectivity index (χ2v) is 5.80. The van der Waals surface area contributed by atoms with Gasteiger partial charge in [0.1, 0.15) is 11.4 Å². The largest absolute Gasteiger partial charge is 0.308 e. The van der Waals surface area contributed by atoms with Crippen LogP contribution >= 0.6 is 0 Å². The number of aromatic nitrogens is 2. The summed E-state index contributed by atoms with van der Waals surface area (Å²) in [4.78, 5) is 0. The van der Waals surface area contributed by atoms with Gasteiger partial charge in [-0.3, -0.25) is 0 Å². The van der Waals surface area contributed by atoms with E-state index in [-0.39, 0.29) is 0 Å². The van der Waals surface area contributed by atoms with Gasteiger partial charge in [-0.15, -0.1) is 0 Å². The van der Waals surface area contributed by atoms with Crippen molar-refractivity contribution in [3.05, 3.63) is 11.4 Å². The zero-order valence-corrected chi connectivity index (χ0v) is 10.6. The molecule has 4 atom stereocenters. The van der Waals surface area contributed by atoms with Crippen molar-refractivity contribution in [3.63, 3.8) is 0 Å². The molecule has 2 aliphatic rings. The van der Waals surface area contributed by atoms with Gasteiger partial charge in [0.15, 0.2) is 0 Å². The van der Waals surface area contributed by atoms with Crippen molar-refractivity contribution >= 4 is 0 Å². The average molecular weight is 235 g/mol. The van der Waals surface area contributed by atoms with Gasteiger partial charge in [-0.1, -0.05) is 16.7 Å². The lowest BCUT2D eigenvalue weighted by Gasteiger charge is -2.28. The van der Waals surface area contributed by atoms with Gasteiger partial charge in [0, 0.05) is 12.6 Å². The maximum Gasteiger partial charge on any atom is 0.121 e. The molecule has 94 valence electrons. The van der Waals surface area contributed by atoms with Crippen LogP contribution in [-0.2, 0) is 6.54 Å². The van der Waals surface area contributed by atoms with E-state index in [1.807, 2.05) is 6.92 Å². The van der Waals surface area contributed by atoms with Gasteiger partial charge in [0.25, 0.3) is 0 Å². The summed E-state index contributed by atoms with van der Waals surface area (Å²) in [6.45, 7) is 5.04. The lowest BCUT2D eigenvalue weighted by atomic mass is 9.84. The summed E-state index contributed by atoms with van der Waals surface area (Å²) in [6, 6.07) is 0.585. The summed E-state index contributed by atoms with van der Waals surface area (Å²) in [5.41, 5.74) is 1.85. The van der Waals surface area contributed by atoms with E-state index in [9.17, 15) is 0 Å². The molecule has 2 fully saturated rings. The molecular weight excluding hydrogens is 214 g/mol. The SMILES string of the molecule is Cc1nonc1CNC(C)C1CC2CCC1C2. The highest BCUT2D eigenvalue weighted by Gasteiger charge is 2.41. The molecule has 1 aromatic heterocycles. The van der Waals surface area contributed by atoms with Crippen LogP contribution in [0.2, 0.25) is 0 Å².